The van der Waals surface area contributed by atoms with E-state index >= 15 is 0 Å². The minimum Gasteiger partial charge on any atom is -0.328 e. The van der Waals surface area contributed by atoms with Gasteiger partial charge in [0.2, 0.25) is 0 Å². The summed E-state index contributed by atoms with van der Waals surface area (Å²) in [6, 6.07) is 0.197. The van der Waals surface area contributed by atoms with Gasteiger partial charge in [-0.05, 0) is 41.9 Å². The maximum atomic E-state index is 6.21. The molecule has 1 fully saturated rings. The first-order valence-electron chi connectivity index (χ1n) is 4.63. The molecule has 4 nitrogen and oxygen atoms in total. The van der Waals surface area contributed by atoms with E-state index in [-0.39, 0.29) is 6.04 Å². The van der Waals surface area contributed by atoms with E-state index in [1.165, 1.54) is 0 Å². The standard InChI is InChI=1S/C9H13IN4/c10-6-4-13-8(14-5-6)9(12)2-1-7(11)3-9/h4-5,7H,1-3,11-12H2. The summed E-state index contributed by atoms with van der Waals surface area (Å²) < 4.78 is 1.03. The highest BCUT2D eigenvalue weighted by Gasteiger charge is 2.37. The lowest BCUT2D eigenvalue weighted by Crippen LogP contribution is -2.37. The molecule has 1 heterocycles. The van der Waals surface area contributed by atoms with Crippen LogP contribution in [-0.4, -0.2) is 16.0 Å². The number of nitrogens with two attached hydrogens (primary N) is 2. The summed E-state index contributed by atoms with van der Waals surface area (Å²) in [5.41, 5.74) is 11.7. The lowest BCUT2D eigenvalue weighted by Gasteiger charge is -2.21. The number of rotatable bonds is 1. The predicted molar refractivity (Wildman–Crippen MR) is 62.4 cm³/mol. The second-order valence-corrected chi connectivity index (χ2v) is 5.13. The summed E-state index contributed by atoms with van der Waals surface area (Å²) in [6.07, 6.45) is 6.22. The number of hydrogen-bond donors (Lipinski definition) is 2. The average molecular weight is 304 g/mol. The fraction of sp³-hybridized carbons (Fsp3) is 0.556. The molecule has 76 valence electrons. The Hall–Kier alpha value is -0.270. The van der Waals surface area contributed by atoms with Gasteiger partial charge in [0.25, 0.3) is 0 Å². The van der Waals surface area contributed by atoms with Crippen molar-refractivity contribution in [2.75, 3.05) is 0 Å². The Bertz CT molecular complexity index is 326. The van der Waals surface area contributed by atoms with E-state index in [1.54, 1.807) is 12.4 Å². The predicted octanol–water partition coefficient (Wildman–Crippen LogP) is 0.746. The van der Waals surface area contributed by atoms with Crippen LogP contribution in [0.15, 0.2) is 12.4 Å². The Kier molecular flexibility index (Phi) is 2.72. The molecule has 0 spiro atoms. The fourth-order valence-corrected chi connectivity index (χ4v) is 2.17. The molecular formula is C9H13IN4. The van der Waals surface area contributed by atoms with Crippen LogP contribution < -0.4 is 11.5 Å². The van der Waals surface area contributed by atoms with Crippen LogP contribution >= 0.6 is 22.6 Å². The molecule has 2 atom stereocenters. The topological polar surface area (TPSA) is 77.8 Å². The van der Waals surface area contributed by atoms with E-state index in [9.17, 15) is 0 Å². The van der Waals surface area contributed by atoms with Gasteiger partial charge in [-0.2, -0.15) is 0 Å². The fourth-order valence-electron chi connectivity index (χ4n) is 1.89. The number of nitrogens with zero attached hydrogens (tertiary/aromatic N) is 2. The van der Waals surface area contributed by atoms with Crippen LogP contribution in [-0.2, 0) is 5.54 Å². The summed E-state index contributed by atoms with van der Waals surface area (Å²) in [4.78, 5) is 8.53. The van der Waals surface area contributed by atoms with Gasteiger partial charge in [-0.15, -0.1) is 0 Å². The highest BCUT2D eigenvalue weighted by atomic mass is 127. The Balaban J connectivity index is 2.26. The molecule has 0 bridgehead atoms. The maximum Gasteiger partial charge on any atom is 0.148 e. The Labute approximate surface area is 96.6 Å². The molecule has 0 aromatic carbocycles. The van der Waals surface area contributed by atoms with Crippen molar-refractivity contribution in [3.05, 3.63) is 21.8 Å². The zero-order valence-corrected chi connectivity index (χ0v) is 9.94. The van der Waals surface area contributed by atoms with Gasteiger partial charge in [-0.1, -0.05) is 0 Å². The lowest BCUT2D eigenvalue weighted by molar-refractivity contribution is 0.424. The third-order valence-electron chi connectivity index (χ3n) is 2.65. The van der Waals surface area contributed by atoms with Gasteiger partial charge in [0, 0.05) is 22.0 Å². The first-order chi connectivity index (χ1) is 6.60. The van der Waals surface area contributed by atoms with Gasteiger partial charge < -0.3 is 11.5 Å². The molecule has 4 N–H and O–H groups in total. The molecule has 0 saturated heterocycles. The van der Waals surface area contributed by atoms with Gasteiger partial charge >= 0.3 is 0 Å². The lowest BCUT2D eigenvalue weighted by atomic mass is 9.98. The van der Waals surface area contributed by atoms with Crippen LogP contribution in [0.25, 0.3) is 0 Å². The van der Waals surface area contributed by atoms with Gasteiger partial charge in [-0.25, -0.2) is 9.97 Å². The highest BCUT2D eigenvalue weighted by molar-refractivity contribution is 14.1. The number of hydrogen-bond acceptors (Lipinski definition) is 4. The van der Waals surface area contributed by atoms with Gasteiger partial charge in [-0.3, -0.25) is 0 Å². The third-order valence-corrected chi connectivity index (χ3v) is 3.21. The van der Waals surface area contributed by atoms with Crippen LogP contribution in [0, 0.1) is 3.57 Å². The summed E-state index contributed by atoms with van der Waals surface area (Å²) in [5, 5.41) is 0. The molecule has 1 aliphatic rings. The molecule has 0 aliphatic heterocycles. The van der Waals surface area contributed by atoms with Crippen molar-refractivity contribution in [1.82, 2.24) is 9.97 Å². The highest BCUT2D eigenvalue weighted by Crippen LogP contribution is 2.33. The summed E-state index contributed by atoms with van der Waals surface area (Å²) >= 11 is 2.18. The molecule has 0 amide bonds. The summed E-state index contributed by atoms with van der Waals surface area (Å²) in [7, 11) is 0. The molecule has 2 unspecified atom stereocenters. The number of aromatic nitrogens is 2. The van der Waals surface area contributed by atoms with E-state index in [4.69, 9.17) is 11.5 Å². The van der Waals surface area contributed by atoms with Crippen LogP contribution in [0.5, 0.6) is 0 Å². The Morgan fingerprint density at radius 2 is 2.07 bits per heavy atom. The normalized spacial score (nSPS) is 32.1. The second kappa shape index (κ2) is 3.71. The minimum absolute atomic E-state index is 0.197. The quantitative estimate of drug-likeness (QED) is 0.750. The Morgan fingerprint density at radius 3 is 2.57 bits per heavy atom. The maximum absolute atomic E-state index is 6.21. The Morgan fingerprint density at radius 1 is 1.43 bits per heavy atom. The first kappa shape index (κ1) is 10.3. The van der Waals surface area contributed by atoms with E-state index in [0.29, 0.717) is 0 Å². The minimum atomic E-state index is -0.399. The van der Waals surface area contributed by atoms with Crippen LogP contribution in [0.1, 0.15) is 25.1 Å². The van der Waals surface area contributed by atoms with Crippen molar-refractivity contribution in [2.24, 2.45) is 11.5 Å². The zero-order valence-electron chi connectivity index (χ0n) is 7.78. The number of halogens is 1. The van der Waals surface area contributed by atoms with E-state index in [0.717, 1.165) is 28.7 Å². The van der Waals surface area contributed by atoms with Crippen LogP contribution in [0.3, 0.4) is 0 Å². The van der Waals surface area contributed by atoms with Crippen molar-refractivity contribution in [3.8, 4) is 0 Å². The molecule has 2 rings (SSSR count). The molecule has 0 radical (unpaired) electrons. The SMILES string of the molecule is NC1CCC(N)(c2ncc(I)cn2)C1. The van der Waals surface area contributed by atoms with E-state index in [2.05, 4.69) is 32.6 Å². The van der Waals surface area contributed by atoms with Gasteiger partial charge in [0.15, 0.2) is 0 Å². The van der Waals surface area contributed by atoms with Crippen molar-refractivity contribution in [3.63, 3.8) is 0 Å². The summed E-state index contributed by atoms with van der Waals surface area (Å²) in [5.74, 6) is 0.728. The van der Waals surface area contributed by atoms with Crippen molar-refractivity contribution >= 4 is 22.6 Å². The molecular weight excluding hydrogens is 291 g/mol. The molecule has 1 aromatic heterocycles. The van der Waals surface area contributed by atoms with E-state index in [1.807, 2.05) is 0 Å². The van der Waals surface area contributed by atoms with Crippen molar-refractivity contribution in [2.45, 2.75) is 30.8 Å². The third kappa shape index (κ3) is 1.89. The van der Waals surface area contributed by atoms with Crippen LogP contribution in [0.4, 0.5) is 0 Å². The van der Waals surface area contributed by atoms with Gasteiger partial charge in [0.1, 0.15) is 5.82 Å². The van der Waals surface area contributed by atoms with E-state index < -0.39 is 5.54 Å². The monoisotopic (exact) mass is 304 g/mol. The molecule has 1 aromatic rings. The second-order valence-electron chi connectivity index (χ2n) is 3.88. The molecule has 5 heteroatoms. The zero-order chi connectivity index (χ0) is 10.2. The first-order valence-corrected chi connectivity index (χ1v) is 5.70. The van der Waals surface area contributed by atoms with Crippen molar-refractivity contribution in [1.29, 1.82) is 0 Å². The smallest absolute Gasteiger partial charge is 0.148 e. The molecule has 1 aliphatic carbocycles. The molecule has 1 saturated carbocycles. The van der Waals surface area contributed by atoms with Crippen molar-refractivity contribution < 1.29 is 0 Å². The van der Waals surface area contributed by atoms with Gasteiger partial charge in [0.05, 0.1) is 5.54 Å². The largest absolute Gasteiger partial charge is 0.328 e. The average Bonchev–Trinajstić information content (AvgIpc) is 2.48. The summed E-state index contributed by atoms with van der Waals surface area (Å²) in [6.45, 7) is 0. The molecule has 14 heavy (non-hydrogen) atoms. The van der Waals surface area contributed by atoms with Crippen LogP contribution in [0.2, 0.25) is 0 Å².